The van der Waals surface area contributed by atoms with Crippen LogP contribution in [0.2, 0.25) is 0 Å². The summed E-state index contributed by atoms with van der Waals surface area (Å²) in [6.45, 7) is 0.665. The molecule has 5 heteroatoms. The van der Waals surface area contributed by atoms with Crippen LogP contribution in [-0.2, 0) is 6.54 Å². The smallest absolute Gasteiger partial charge is 0.263 e. The zero-order chi connectivity index (χ0) is 14.4. The number of aliphatic hydroxyl groups excluding tert-OH is 1. The van der Waals surface area contributed by atoms with Crippen LogP contribution in [0.15, 0.2) is 29.0 Å². The summed E-state index contributed by atoms with van der Waals surface area (Å²) in [4.78, 5) is 15.5. The first-order chi connectivity index (χ1) is 9.70. The number of rotatable bonds is 4. The van der Waals surface area contributed by atoms with Crippen LogP contribution in [0.4, 0.5) is 0 Å². The quantitative estimate of drug-likeness (QED) is 0.883. The maximum absolute atomic E-state index is 12.1. The van der Waals surface area contributed by atoms with Gasteiger partial charge in [-0.15, -0.1) is 22.7 Å². The van der Waals surface area contributed by atoms with E-state index in [2.05, 4.69) is 11.8 Å². The minimum atomic E-state index is 0.0408. The molecule has 0 radical (unpaired) electrons. The summed E-state index contributed by atoms with van der Waals surface area (Å²) in [6.07, 6.45) is 0.490. The maximum Gasteiger partial charge on any atom is 0.263 e. The van der Waals surface area contributed by atoms with Gasteiger partial charge < -0.3 is 10.0 Å². The molecule has 3 nitrogen and oxygen atoms in total. The van der Waals surface area contributed by atoms with E-state index >= 15 is 0 Å². The monoisotopic (exact) mass is 305 g/mol. The van der Waals surface area contributed by atoms with Gasteiger partial charge in [-0.1, -0.05) is 17.9 Å². The maximum atomic E-state index is 12.1. The third kappa shape index (κ3) is 3.94. The lowest BCUT2D eigenvalue weighted by atomic mass is 10.2. The zero-order valence-electron chi connectivity index (χ0n) is 11.1. The Hall–Kier alpha value is -1.61. The van der Waals surface area contributed by atoms with E-state index in [-0.39, 0.29) is 12.5 Å². The molecule has 0 aliphatic rings. The molecule has 0 spiro atoms. The Morgan fingerprint density at radius 1 is 1.45 bits per heavy atom. The molecule has 20 heavy (non-hydrogen) atoms. The molecule has 2 heterocycles. The van der Waals surface area contributed by atoms with Crippen LogP contribution in [0.3, 0.4) is 0 Å². The number of thiophene rings is 2. The number of carbonyl (C=O) groups is 1. The van der Waals surface area contributed by atoms with E-state index in [1.807, 2.05) is 29.0 Å². The van der Waals surface area contributed by atoms with Crippen molar-refractivity contribution in [1.82, 2.24) is 4.90 Å². The lowest BCUT2D eigenvalue weighted by Crippen LogP contribution is -2.25. The fourth-order valence-corrected chi connectivity index (χ4v) is 3.15. The number of amides is 1. The molecule has 0 aliphatic carbocycles. The van der Waals surface area contributed by atoms with E-state index in [0.717, 1.165) is 15.3 Å². The molecule has 0 bridgehead atoms. The molecule has 1 N–H and O–H groups in total. The lowest BCUT2D eigenvalue weighted by Gasteiger charge is -2.15. The number of hydrogen-bond acceptors (Lipinski definition) is 4. The second kappa shape index (κ2) is 7.25. The zero-order valence-corrected chi connectivity index (χ0v) is 12.8. The fraction of sp³-hybridized carbons (Fsp3) is 0.267. The van der Waals surface area contributed by atoms with Crippen LogP contribution in [0.5, 0.6) is 0 Å². The van der Waals surface area contributed by atoms with E-state index in [0.29, 0.717) is 13.0 Å². The van der Waals surface area contributed by atoms with Crippen LogP contribution < -0.4 is 0 Å². The summed E-state index contributed by atoms with van der Waals surface area (Å²) in [5, 5.41) is 12.6. The van der Waals surface area contributed by atoms with Crippen LogP contribution in [-0.4, -0.2) is 29.6 Å². The molecule has 0 aliphatic heterocycles. The van der Waals surface area contributed by atoms with Gasteiger partial charge in [0.1, 0.15) is 0 Å². The third-order valence-electron chi connectivity index (χ3n) is 2.60. The molecular formula is C15H15NO2S2. The predicted octanol–water partition coefficient (Wildman–Crippen LogP) is 2.82. The van der Waals surface area contributed by atoms with Gasteiger partial charge in [0.15, 0.2) is 0 Å². The molecule has 2 aromatic heterocycles. The molecular weight excluding hydrogens is 290 g/mol. The summed E-state index contributed by atoms with van der Waals surface area (Å²) in [6, 6.07) is 5.71. The van der Waals surface area contributed by atoms with Gasteiger partial charge in [0.05, 0.1) is 16.4 Å². The Balaban J connectivity index is 1.97. The largest absolute Gasteiger partial charge is 0.395 e. The van der Waals surface area contributed by atoms with Crippen molar-refractivity contribution < 1.29 is 9.90 Å². The van der Waals surface area contributed by atoms with Gasteiger partial charge in [-0.25, -0.2) is 0 Å². The molecule has 0 saturated heterocycles. The van der Waals surface area contributed by atoms with Crippen molar-refractivity contribution in [1.29, 1.82) is 0 Å². The highest BCUT2D eigenvalue weighted by Gasteiger charge is 2.13. The molecule has 2 rings (SSSR count). The Morgan fingerprint density at radius 2 is 2.30 bits per heavy atom. The molecule has 0 atom stereocenters. The molecule has 0 unspecified atom stereocenters. The van der Waals surface area contributed by atoms with Gasteiger partial charge in [-0.05, 0) is 28.5 Å². The van der Waals surface area contributed by atoms with Crippen LogP contribution in [0.1, 0.15) is 26.5 Å². The Morgan fingerprint density at radius 3 is 3.00 bits per heavy atom. The summed E-state index contributed by atoms with van der Waals surface area (Å²) in [7, 11) is 1.80. The van der Waals surface area contributed by atoms with Crippen molar-refractivity contribution in [2.45, 2.75) is 13.0 Å². The second-order valence-corrected chi connectivity index (χ2v) is 6.09. The number of carbonyl (C=O) groups excluding carboxylic acids is 1. The van der Waals surface area contributed by atoms with Crippen molar-refractivity contribution in [3.63, 3.8) is 0 Å². The molecule has 0 saturated carbocycles. The standard InChI is InChI=1S/C15H15NO2S2/c1-16(15(18)14-6-4-8-19-14)10-12-9-13(20-11-12)5-2-3-7-17/h4,6,8-9,11,17H,3,7,10H2,1H3. The first-order valence-corrected chi connectivity index (χ1v) is 7.92. The van der Waals surface area contributed by atoms with E-state index < -0.39 is 0 Å². The van der Waals surface area contributed by atoms with E-state index in [1.54, 1.807) is 23.3 Å². The van der Waals surface area contributed by atoms with Crippen molar-refractivity contribution in [3.05, 3.63) is 44.3 Å². The Labute approximate surface area is 126 Å². The van der Waals surface area contributed by atoms with Gasteiger partial charge in [-0.2, -0.15) is 0 Å². The average molecular weight is 305 g/mol. The Bertz CT molecular complexity index is 620. The van der Waals surface area contributed by atoms with Gasteiger partial charge in [0, 0.05) is 20.0 Å². The van der Waals surface area contributed by atoms with Crippen molar-refractivity contribution in [2.75, 3.05) is 13.7 Å². The predicted molar refractivity (Wildman–Crippen MR) is 83.0 cm³/mol. The normalized spacial score (nSPS) is 9.90. The highest BCUT2D eigenvalue weighted by molar-refractivity contribution is 7.12. The third-order valence-corrected chi connectivity index (χ3v) is 4.35. The first-order valence-electron chi connectivity index (χ1n) is 6.17. The van der Waals surface area contributed by atoms with Gasteiger partial charge in [0.25, 0.3) is 5.91 Å². The highest BCUT2D eigenvalue weighted by atomic mass is 32.1. The van der Waals surface area contributed by atoms with Crippen LogP contribution in [0.25, 0.3) is 0 Å². The fourth-order valence-electron chi connectivity index (χ4n) is 1.66. The van der Waals surface area contributed by atoms with E-state index in [1.165, 1.54) is 11.3 Å². The summed E-state index contributed by atoms with van der Waals surface area (Å²) < 4.78 is 0. The van der Waals surface area contributed by atoms with Gasteiger partial charge >= 0.3 is 0 Å². The minimum Gasteiger partial charge on any atom is -0.395 e. The Kier molecular flexibility index (Phi) is 5.36. The second-order valence-electron chi connectivity index (χ2n) is 4.23. The van der Waals surface area contributed by atoms with Crippen molar-refractivity contribution in [2.24, 2.45) is 0 Å². The first kappa shape index (κ1) is 14.8. The van der Waals surface area contributed by atoms with Crippen LogP contribution >= 0.6 is 22.7 Å². The van der Waals surface area contributed by atoms with E-state index in [9.17, 15) is 4.79 Å². The molecule has 104 valence electrons. The highest BCUT2D eigenvalue weighted by Crippen LogP contribution is 2.17. The number of hydrogen-bond donors (Lipinski definition) is 1. The van der Waals surface area contributed by atoms with Gasteiger partial charge in [-0.3, -0.25) is 4.79 Å². The van der Waals surface area contributed by atoms with Gasteiger partial charge in [0.2, 0.25) is 0 Å². The van der Waals surface area contributed by atoms with Crippen LogP contribution in [0, 0.1) is 11.8 Å². The minimum absolute atomic E-state index is 0.0408. The average Bonchev–Trinajstić information content (AvgIpc) is 3.09. The summed E-state index contributed by atoms with van der Waals surface area (Å²) >= 11 is 3.01. The molecule has 1 amide bonds. The number of nitrogens with zero attached hydrogens (tertiary/aromatic N) is 1. The lowest BCUT2D eigenvalue weighted by molar-refractivity contribution is 0.0790. The summed E-state index contributed by atoms with van der Waals surface area (Å²) in [5.41, 5.74) is 1.08. The number of aliphatic hydroxyl groups is 1. The van der Waals surface area contributed by atoms with Crippen molar-refractivity contribution in [3.8, 4) is 11.8 Å². The van der Waals surface area contributed by atoms with Crippen molar-refractivity contribution >= 4 is 28.6 Å². The SMILES string of the molecule is CN(Cc1csc(C#CCCO)c1)C(=O)c1cccs1. The van der Waals surface area contributed by atoms with E-state index in [4.69, 9.17) is 5.11 Å². The topological polar surface area (TPSA) is 40.5 Å². The summed E-state index contributed by atoms with van der Waals surface area (Å²) in [5.74, 6) is 5.94. The molecule has 2 aromatic rings. The molecule has 0 aromatic carbocycles. The molecule has 0 fully saturated rings.